The van der Waals surface area contributed by atoms with E-state index in [4.69, 9.17) is 0 Å². The summed E-state index contributed by atoms with van der Waals surface area (Å²) >= 11 is 0. The summed E-state index contributed by atoms with van der Waals surface area (Å²) in [6.45, 7) is 1.96. The van der Waals surface area contributed by atoms with Crippen LogP contribution in [0.25, 0.3) is 0 Å². The molecular formula is C11H17N3. The van der Waals surface area contributed by atoms with Crippen LogP contribution in [-0.2, 0) is 12.8 Å². The third kappa shape index (κ3) is 1.72. The molecule has 0 radical (unpaired) electrons. The van der Waals surface area contributed by atoms with E-state index in [1.54, 1.807) is 0 Å². The van der Waals surface area contributed by atoms with Crippen LogP contribution in [0.4, 0.5) is 5.82 Å². The summed E-state index contributed by atoms with van der Waals surface area (Å²) in [5, 5.41) is 3.17. The fourth-order valence-electron chi connectivity index (χ4n) is 2.10. The van der Waals surface area contributed by atoms with Gasteiger partial charge in [0, 0.05) is 18.3 Å². The van der Waals surface area contributed by atoms with E-state index in [0.717, 1.165) is 24.5 Å². The number of anilines is 1. The SMILES string of the molecule is CNc1nc(C)nc2c1CCCCC2. The normalized spacial score (nSPS) is 15.9. The fraction of sp³-hybridized carbons (Fsp3) is 0.636. The van der Waals surface area contributed by atoms with Crippen molar-refractivity contribution in [1.82, 2.24) is 9.97 Å². The first-order chi connectivity index (χ1) is 6.81. The molecule has 0 amide bonds. The zero-order valence-electron chi connectivity index (χ0n) is 8.93. The van der Waals surface area contributed by atoms with Crippen LogP contribution in [-0.4, -0.2) is 17.0 Å². The molecule has 0 aromatic carbocycles. The molecule has 0 atom stereocenters. The van der Waals surface area contributed by atoms with Crippen LogP contribution in [0, 0.1) is 6.92 Å². The van der Waals surface area contributed by atoms with Gasteiger partial charge in [0.1, 0.15) is 11.6 Å². The van der Waals surface area contributed by atoms with Crippen molar-refractivity contribution in [2.75, 3.05) is 12.4 Å². The van der Waals surface area contributed by atoms with Gasteiger partial charge >= 0.3 is 0 Å². The van der Waals surface area contributed by atoms with Crippen LogP contribution in [0.5, 0.6) is 0 Å². The van der Waals surface area contributed by atoms with Gasteiger partial charge in [-0.05, 0) is 32.6 Å². The van der Waals surface area contributed by atoms with E-state index >= 15 is 0 Å². The standard InChI is InChI=1S/C11H17N3/c1-8-13-10-7-5-3-4-6-9(10)11(12-2)14-8/h3-7H2,1-2H3,(H,12,13,14). The first-order valence-electron chi connectivity index (χ1n) is 5.35. The van der Waals surface area contributed by atoms with Crippen LogP contribution in [0.1, 0.15) is 36.3 Å². The Morgan fingerprint density at radius 3 is 2.64 bits per heavy atom. The lowest BCUT2D eigenvalue weighted by atomic mass is 10.1. The summed E-state index contributed by atoms with van der Waals surface area (Å²) in [5.41, 5.74) is 2.61. The highest BCUT2D eigenvalue weighted by atomic mass is 15.0. The van der Waals surface area contributed by atoms with Gasteiger partial charge in [-0.1, -0.05) is 6.42 Å². The second kappa shape index (κ2) is 3.95. The molecule has 1 N–H and O–H groups in total. The second-order valence-electron chi connectivity index (χ2n) is 3.86. The molecule has 1 aromatic rings. The number of aromatic nitrogens is 2. The molecule has 0 aliphatic heterocycles. The number of rotatable bonds is 1. The number of hydrogen-bond acceptors (Lipinski definition) is 3. The Hall–Kier alpha value is -1.12. The zero-order valence-corrected chi connectivity index (χ0v) is 8.93. The summed E-state index contributed by atoms with van der Waals surface area (Å²) in [6, 6.07) is 0. The van der Waals surface area contributed by atoms with Gasteiger partial charge in [0.05, 0.1) is 0 Å². The van der Waals surface area contributed by atoms with Gasteiger partial charge < -0.3 is 5.32 Å². The average Bonchev–Trinajstić information content (AvgIpc) is 2.41. The van der Waals surface area contributed by atoms with Gasteiger partial charge in [0.2, 0.25) is 0 Å². The maximum Gasteiger partial charge on any atom is 0.132 e. The summed E-state index contributed by atoms with van der Waals surface area (Å²) in [6.07, 6.45) is 6.11. The Balaban J connectivity index is 2.46. The molecule has 1 heterocycles. The van der Waals surface area contributed by atoms with Crippen molar-refractivity contribution in [2.45, 2.75) is 39.0 Å². The van der Waals surface area contributed by atoms with Gasteiger partial charge in [-0.15, -0.1) is 0 Å². The lowest BCUT2D eigenvalue weighted by Crippen LogP contribution is -2.06. The second-order valence-corrected chi connectivity index (χ2v) is 3.86. The molecule has 2 rings (SSSR count). The largest absolute Gasteiger partial charge is 0.373 e. The maximum absolute atomic E-state index is 4.53. The molecule has 3 heteroatoms. The number of hydrogen-bond donors (Lipinski definition) is 1. The molecule has 1 aliphatic rings. The molecule has 0 saturated carbocycles. The third-order valence-electron chi connectivity index (χ3n) is 2.78. The molecule has 1 aliphatic carbocycles. The van der Waals surface area contributed by atoms with E-state index in [2.05, 4.69) is 15.3 Å². The molecular weight excluding hydrogens is 174 g/mol. The van der Waals surface area contributed by atoms with E-state index in [-0.39, 0.29) is 0 Å². The van der Waals surface area contributed by atoms with E-state index in [9.17, 15) is 0 Å². The molecule has 0 spiro atoms. The molecule has 0 unspecified atom stereocenters. The highest BCUT2D eigenvalue weighted by Gasteiger charge is 2.14. The Kier molecular flexibility index (Phi) is 2.66. The van der Waals surface area contributed by atoms with E-state index < -0.39 is 0 Å². The first kappa shape index (κ1) is 9.44. The molecule has 1 aromatic heterocycles. The average molecular weight is 191 g/mol. The quantitative estimate of drug-likeness (QED) is 0.691. The lowest BCUT2D eigenvalue weighted by Gasteiger charge is -2.10. The summed E-state index contributed by atoms with van der Waals surface area (Å²) < 4.78 is 0. The molecule has 0 saturated heterocycles. The van der Waals surface area contributed by atoms with Crippen molar-refractivity contribution in [3.63, 3.8) is 0 Å². The smallest absolute Gasteiger partial charge is 0.132 e. The van der Waals surface area contributed by atoms with Crippen LogP contribution >= 0.6 is 0 Å². The van der Waals surface area contributed by atoms with E-state index in [1.807, 2.05) is 14.0 Å². The van der Waals surface area contributed by atoms with Crippen molar-refractivity contribution in [1.29, 1.82) is 0 Å². The minimum Gasteiger partial charge on any atom is -0.373 e. The lowest BCUT2D eigenvalue weighted by molar-refractivity contribution is 0.708. The van der Waals surface area contributed by atoms with Crippen molar-refractivity contribution < 1.29 is 0 Å². The minimum absolute atomic E-state index is 0.884. The number of nitrogens with zero attached hydrogens (tertiary/aromatic N) is 2. The van der Waals surface area contributed by atoms with Crippen LogP contribution in [0.15, 0.2) is 0 Å². The van der Waals surface area contributed by atoms with Crippen LogP contribution in [0.3, 0.4) is 0 Å². The number of aryl methyl sites for hydroxylation is 2. The molecule has 76 valence electrons. The molecule has 0 fully saturated rings. The predicted molar refractivity (Wildman–Crippen MR) is 57.6 cm³/mol. The third-order valence-corrected chi connectivity index (χ3v) is 2.78. The highest BCUT2D eigenvalue weighted by molar-refractivity contribution is 5.46. The summed E-state index contributed by atoms with van der Waals surface area (Å²) in [7, 11) is 1.94. The molecule has 0 bridgehead atoms. The Morgan fingerprint density at radius 2 is 1.86 bits per heavy atom. The fourth-order valence-corrected chi connectivity index (χ4v) is 2.10. The summed E-state index contributed by atoms with van der Waals surface area (Å²) in [5.74, 6) is 1.92. The van der Waals surface area contributed by atoms with Crippen molar-refractivity contribution >= 4 is 5.82 Å². The highest BCUT2D eigenvalue weighted by Crippen LogP contribution is 2.24. The van der Waals surface area contributed by atoms with Crippen molar-refractivity contribution in [2.24, 2.45) is 0 Å². The molecule has 14 heavy (non-hydrogen) atoms. The van der Waals surface area contributed by atoms with Crippen molar-refractivity contribution in [3.8, 4) is 0 Å². The van der Waals surface area contributed by atoms with E-state index in [1.165, 1.54) is 30.5 Å². The van der Waals surface area contributed by atoms with Gasteiger partial charge in [0.25, 0.3) is 0 Å². The maximum atomic E-state index is 4.53. The van der Waals surface area contributed by atoms with Gasteiger partial charge in [-0.3, -0.25) is 0 Å². The first-order valence-corrected chi connectivity index (χ1v) is 5.35. The van der Waals surface area contributed by atoms with Crippen LogP contribution in [0.2, 0.25) is 0 Å². The summed E-state index contributed by atoms with van der Waals surface area (Å²) in [4.78, 5) is 8.96. The topological polar surface area (TPSA) is 37.8 Å². The van der Waals surface area contributed by atoms with Gasteiger partial charge in [-0.2, -0.15) is 0 Å². The minimum atomic E-state index is 0.884. The number of fused-ring (bicyclic) bond motifs is 1. The van der Waals surface area contributed by atoms with Gasteiger partial charge in [-0.25, -0.2) is 9.97 Å². The van der Waals surface area contributed by atoms with Crippen LogP contribution < -0.4 is 5.32 Å². The zero-order chi connectivity index (χ0) is 9.97. The van der Waals surface area contributed by atoms with Gasteiger partial charge in [0.15, 0.2) is 0 Å². The Bertz CT molecular complexity index is 334. The Morgan fingerprint density at radius 1 is 1.07 bits per heavy atom. The number of nitrogens with one attached hydrogen (secondary N) is 1. The molecule has 3 nitrogen and oxygen atoms in total. The Labute approximate surface area is 85.0 Å². The predicted octanol–water partition coefficient (Wildman–Crippen LogP) is 2.10. The van der Waals surface area contributed by atoms with Crippen molar-refractivity contribution in [3.05, 3.63) is 17.1 Å². The monoisotopic (exact) mass is 191 g/mol. The van der Waals surface area contributed by atoms with E-state index in [0.29, 0.717) is 0 Å².